The van der Waals surface area contributed by atoms with E-state index in [9.17, 15) is 13.6 Å². The number of rotatable bonds is 3. The Morgan fingerprint density at radius 2 is 2.31 bits per heavy atom. The van der Waals surface area contributed by atoms with E-state index in [-0.39, 0.29) is 5.92 Å². The van der Waals surface area contributed by atoms with Crippen molar-refractivity contribution >= 4 is 17.7 Å². The Balaban J connectivity index is 2.41. The smallest absolute Gasteiger partial charge is 0.374 e. The number of halogens is 2. The van der Waals surface area contributed by atoms with Crippen molar-refractivity contribution in [3.63, 3.8) is 0 Å². The van der Waals surface area contributed by atoms with Crippen LogP contribution in [0.3, 0.4) is 0 Å². The Morgan fingerprint density at radius 3 is 2.77 bits per heavy atom. The Hall–Kier alpha value is -0.320. The summed E-state index contributed by atoms with van der Waals surface area (Å²) in [5, 5.41) is 8.22. The third kappa shape index (κ3) is 3.14. The predicted molar refractivity (Wildman–Crippen MR) is 47.2 cm³/mol. The van der Waals surface area contributed by atoms with Gasteiger partial charge in [0.05, 0.1) is 0 Å². The molecule has 1 aliphatic rings. The molecule has 0 amide bonds. The van der Waals surface area contributed by atoms with Gasteiger partial charge < -0.3 is 5.11 Å². The number of carboxylic acids is 1. The van der Waals surface area contributed by atoms with Gasteiger partial charge in [-0.1, -0.05) is 0 Å². The molecule has 0 spiro atoms. The van der Waals surface area contributed by atoms with E-state index >= 15 is 0 Å². The molecule has 1 rings (SSSR count). The second kappa shape index (κ2) is 4.26. The van der Waals surface area contributed by atoms with E-state index in [1.807, 2.05) is 0 Å². The molecule has 1 saturated heterocycles. The van der Waals surface area contributed by atoms with Crippen molar-refractivity contribution in [2.45, 2.75) is 25.2 Å². The fourth-order valence-electron chi connectivity index (χ4n) is 1.42. The fourth-order valence-corrected chi connectivity index (χ4v) is 2.57. The molecule has 0 aliphatic carbocycles. The van der Waals surface area contributed by atoms with Gasteiger partial charge in [-0.15, -0.1) is 0 Å². The molecule has 2 nitrogen and oxygen atoms in total. The van der Waals surface area contributed by atoms with Gasteiger partial charge in [-0.2, -0.15) is 20.5 Å². The minimum Gasteiger partial charge on any atom is -0.477 e. The van der Waals surface area contributed by atoms with E-state index in [0.717, 1.165) is 18.6 Å². The Bertz CT molecular complexity index is 191. The van der Waals surface area contributed by atoms with Crippen molar-refractivity contribution in [1.82, 2.24) is 0 Å². The average Bonchev–Trinajstić information content (AvgIpc) is 2.05. The van der Waals surface area contributed by atoms with Gasteiger partial charge in [0.25, 0.3) is 0 Å². The Labute approximate surface area is 79.7 Å². The highest BCUT2D eigenvalue weighted by Gasteiger charge is 2.41. The van der Waals surface area contributed by atoms with Crippen molar-refractivity contribution in [1.29, 1.82) is 0 Å². The number of carboxylic acid groups (broad SMARTS) is 1. The summed E-state index contributed by atoms with van der Waals surface area (Å²) in [5.74, 6) is -3.99. The van der Waals surface area contributed by atoms with E-state index in [1.165, 1.54) is 0 Å². The first-order chi connectivity index (χ1) is 6.02. The molecule has 76 valence electrons. The SMILES string of the molecule is O=C(O)C(F)(F)CC1CCCSC1. The lowest BCUT2D eigenvalue weighted by atomic mass is 9.97. The highest BCUT2D eigenvalue weighted by Crippen LogP contribution is 2.32. The molecule has 1 heterocycles. The van der Waals surface area contributed by atoms with Crippen LogP contribution in [0.25, 0.3) is 0 Å². The van der Waals surface area contributed by atoms with Gasteiger partial charge >= 0.3 is 11.9 Å². The van der Waals surface area contributed by atoms with Crippen LogP contribution in [-0.4, -0.2) is 28.5 Å². The molecular formula is C8H12F2O2S. The van der Waals surface area contributed by atoms with Crippen molar-refractivity contribution in [2.24, 2.45) is 5.92 Å². The molecule has 1 atom stereocenters. The summed E-state index contributed by atoms with van der Waals surface area (Å²) in [6.07, 6.45) is 1.15. The third-order valence-corrected chi connectivity index (χ3v) is 3.40. The van der Waals surface area contributed by atoms with Crippen molar-refractivity contribution in [3.05, 3.63) is 0 Å². The molecule has 0 radical (unpaired) electrons. The minimum atomic E-state index is -3.54. The summed E-state index contributed by atoms with van der Waals surface area (Å²) >= 11 is 1.63. The highest BCUT2D eigenvalue weighted by atomic mass is 32.2. The number of carbonyl (C=O) groups is 1. The summed E-state index contributed by atoms with van der Waals surface area (Å²) in [4.78, 5) is 10.1. The Kier molecular flexibility index (Phi) is 3.53. The molecule has 0 bridgehead atoms. The van der Waals surface area contributed by atoms with E-state index in [0.29, 0.717) is 5.75 Å². The van der Waals surface area contributed by atoms with Crippen LogP contribution in [0.15, 0.2) is 0 Å². The number of hydrogen-bond donors (Lipinski definition) is 1. The number of hydrogen-bond acceptors (Lipinski definition) is 2. The maximum atomic E-state index is 12.7. The van der Waals surface area contributed by atoms with Gasteiger partial charge in [0.1, 0.15) is 0 Å². The van der Waals surface area contributed by atoms with Crippen LogP contribution in [0.2, 0.25) is 0 Å². The number of aliphatic carboxylic acids is 1. The van der Waals surface area contributed by atoms with Crippen LogP contribution < -0.4 is 0 Å². The van der Waals surface area contributed by atoms with Crippen molar-refractivity contribution < 1.29 is 18.7 Å². The van der Waals surface area contributed by atoms with Crippen LogP contribution in [0.5, 0.6) is 0 Å². The van der Waals surface area contributed by atoms with Gasteiger partial charge in [0.15, 0.2) is 0 Å². The lowest BCUT2D eigenvalue weighted by Gasteiger charge is -2.23. The first-order valence-corrected chi connectivity index (χ1v) is 5.37. The van der Waals surface area contributed by atoms with Crippen LogP contribution in [0.1, 0.15) is 19.3 Å². The second-order valence-corrected chi connectivity index (χ2v) is 4.45. The molecule has 1 N–H and O–H groups in total. The highest BCUT2D eigenvalue weighted by molar-refractivity contribution is 7.99. The normalized spacial score (nSPS) is 24.3. The van der Waals surface area contributed by atoms with Crippen LogP contribution in [-0.2, 0) is 4.79 Å². The minimum absolute atomic E-state index is 0.134. The van der Waals surface area contributed by atoms with Gasteiger partial charge in [-0.25, -0.2) is 4.79 Å². The number of thioether (sulfide) groups is 1. The Morgan fingerprint density at radius 1 is 1.62 bits per heavy atom. The molecule has 1 aliphatic heterocycles. The molecule has 0 saturated carbocycles. The topological polar surface area (TPSA) is 37.3 Å². The van der Waals surface area contributed by atoms with E-state index in [1.54, 1.807) is 11.8 Å². The zero-order valence-corrected chi connectivity index (χ0v) is 7.95. The zero-order valence-electron chi connectivity index (χ0n) is 7.13. The van der Waals surface area contributed by atoms with Crippen LogP contribution in [0, 0.1) is 5.92 Å². The molecule has 0 aromatic rings. The van der Waals surface area contributed by atoms with E-state index in [4.69, 9.17) is 5.11 Å². The van der Waals surface area contributed by atoms with Gasteiger partial charge in [-0.3, -0.25) is 0 Å². The summed E-state index contributed by atoms with van der Waals surface area (Å²) in [6.45, 7) is 0. The lowest BCUT2D eigenvalue weighted by Crippen LogP contribution is -2.32. The van der Waals surface area contributed by atoms with Crippen molar-refractivity contribution in [3.8, 4) is 0 Å². The van der Waals surface area contributed by atoms with E-state index in [2.05, 4.69) is 0 Å². The van der Waals surface area contributed by atoms with E-state index < -0.39 is 18.3 Å². The van der Waals surface area contributed by atoms with Gasteiger partial charge in [-0.05, 0) is 30.3 Å². The first kappa shape index (κ1) is 10.8. The summed E-state index contributed by atoms with van der Waals surface area (Å²) in [5.41, 5.74) is 0. The summed E-state index contributed by atoms with van der Waals surface area (Å²) in [6, 6.07) is 0. The van der Waals surface area contributed by atoms with Crippen molar-refractivity contribution in [2.75, 3.05) is 11.5 Å². The van der Waals surface area contributed by atoms with Gasteiger partial charge in [0, 0.05) is 6.42 Å². The molecule has 1 fully saturated rings. The quantitative estimate of drug-likeness (QED) is 0.776. The zero-order chi connectivity index (χ0) is 9.90. The van der Waals surface area contributed by atoms with Crippen LogP contribution in [0.4, 0.5) is 8.78 Å². The van der Waals surface area contributed by atoms with Gasteiger partial charge in [0.2, 0.25) is 0 Å². The third-order valence-electron chi connectivity index (χ3n) is 2.11. The largest absolute Gasteiger partial charge is 0.477 e. The molecule has 5 heteroatoms. The summed E-state index contributed by atoms with van der Waals surface area (Å²) < 4.78 is 25.4. The first-order valence-electron chi connectivity index (χ1n) is 4.21. The maximum Gasteiger partial charge on any atom is 0.374 e. The maximum absolute atomic E-state index is 12.7. The molecule has 13 heavy (non-hydrogen) atoms. The van der Waals surface area contributed by atoms with Crippen LogP contribution >= 0.6 is 11.8 Å². The number of alkyl halides is 2. The lowest BCUT2D eigenvalue weighted by molar-refractivity contribution is -0.167. The monoisotopic (exact) mass is 210 g/mol. The molecule has 1 unspecified atom stereocenters. The predicted octanol–water partition coefficient (Wildman–Crippen LogP) is 2.24. The second-order valence-electron chi connectivity index (χ2n) is 3.30. The molecule has 0 aromatic carbocycles. The standard InChI is InChI=1S/C8H12F2O2S/c9-8(10,7(11)12)4-6-2-1-3-13-5-6/h6H,1-5H2,(H,11,12). The summed E-state index contributed by atoms with van der Waals surface area (Å²) in [7, 11) is 0. The fraction of sp³-hybridized carbons (Fsp3) is 0.875. The molecular weight excluding hydrogens is 198 g/mol. The average molecular weight is 210 g/mol. The molecule has 0 aromatic heterocycles.